The van der Waals surface area contributed by atoms with Gasteiger partial charge in [0.05, 0.1) is 4.83 Å². The second-order valence-electron chi connectivity index (χ2n) is 4.13. The lowest BCUT2D eigenvalue weighted by atomic mass is 10.00. The molecule has 2 nitrogen and oxygen atoms in total. The molecule has 2 rings (SSSR count). The van der Waals surface area contributed by atoms with Crippen LogP contribution in [0.3, 0.4) is 0 Å². The minimum Gasteiger partial charge on any atom is -0.383 e. The number of carbonyl (C=O) groups excluding carboxylic acids is 1. The molecule has 0 bridgehead atoms. The van der Waals surface area contributed by atoms with Crippen molar-refractivity contribution in [1.82, 2.24) is 0 Å². The number of aliphatic hydroxyl groups is 1. The Balaban J connectivity index is 2.17. The first-order valence-electron chi connectivity index (χ1n) is 5.76. The van der Waals surface area contributed by atoms with E-state index in [0.717, 1.165) is 5.56 Å². The van der Waals surface area contributed by atoms with Gasteiger partial charge in [-0.2, -0.15) is 0 Å². The number of halogens is 2. The molecular weight excluding hydrogens is 328 g/mol. The number of ketones is 1. The van der Waals surface area contributed by atoms with Crippen molar-refractivity contribution >= 4 is 33.3 Å². The number of Topliss-reactive ketones (excluding diaryl/α,β-unsaturated/α-hetero) is 1. The second-order valence-corrected chi connectivity index (χ2v) is 5.55. The van der Waals surface area contributed by atoms with Gasteiger partial charge >= 0.3 is 0 Å². The van der Waals surface area contributed by atoms with Gasteiger partial charge in [0.1, 0.15) is 6.10 Å². The van der Waals surface area contributed by atoms with Gasteiger partial charge in [0, 0.05) is 10.6 Å². The molecule has 0 amide bonds. The number of benzene rings is 2. The van der Waals surface area contributed by atoms with Gasteiger partial charge in [-0.1, -0.05) is 57.9 Å². The Hall–Kier alpha value is -1.16. The Morgan fingerprint density at radius 3 is 2.21 bits per heavy atom. The SMILES string of the molecule is O=C(c1ccc(Cl)cc1)[C@@H](O)[C@@H](Br)c1ccccc1. The summed E-state index contributed by atoms with van der Waals surface area (Å²) in [6.07, 6.45) is -1.14. The maximum Gasteiger partial charge on any atom is 0.192 e. The smallest absolute Gasteiger partial charge is 0.192 e. The van der Waals surface area contributed by atoms with Crippen LogP contribution in [0, 0.1) is 0 Å². The van der Waals surface area contributed by atoms with E-state index in [1.807, 2.05) is 30.3 Å². The summed E-state index contributed by atoms with van der Waals surface area (Å²) in [7, 11) is 0. The average Bonchev–Trinajstić information content (AvgIpc) is 2.46. The van der Waals surface area contributed by atoms with Crippen LogP contribution in [0.5, 0.6) is 0 Å². The minimum absolute atomic E-state index is 0.331. The fraction of sp³-hybridized carbons (Fsp3) is 0.133. The highest BCUT2D eigenvalue weighted by Gasteiger charge is 2.26. The normalized spacial score (nSPS) is 13.8. The largest absolute Gasteiger partial charge is 0.383 e. The standard InChI is InChI=1S/C15H12BrClO2/c16-13(10-4-2-1-3-5-10)15(19)14(18)11-6-8-12(17)9-7-11/h1-9,13,15,19H/t13-,15-/m0/s1. The zero-order chi connectivity index (χ0) is 13.8. The first kappa shape index (κ1) is 14.3. The third-order valence-electron chi connectivity index (χ3n) is 2.79. The Kier molecular flexibility index (Phi) is 4.75. The van der Waals surface area contributed by atoms with Crippen molar-refractivity contribution in [3.63, 3.8) is 0 Å². The molecule has 0 heterocycles. The lowest BCUT2D eigenvalue weighted by Crippen LogP contribution is -2.25. The van der Waals surface area contributed by atoms with Crippen molar-refractivity contribution in [2.75, 3.05) is 0 Å². The van der Waals surface area contributed by atoms with Crippen molar-refractivity contribution in [3.05, 3.63) is 70.7 Å². The van der Waals surface area contributed by atoms with Gasteiger partial charge in [-0.05, 0) is 29.8 Å². The van der Waals surface area contributed by atoms with E-state index >= 15 is 0 Å². The average molecular weight is 340 g/mol. The maximum absolute atomic E-state index is 12.1. The van der Waals surface area contributed by atoms with E-state index in [0.29, 0.717) is 10.6 Å². The number of hydrogen-bond acceptors (Lipinski definition) is 2. The molecular formula is C15H12BrClO2. The summed E-state index contributed by atoms with van der Waals surface area (Å²) in [6, 6.07) is 15.8. The molecule has 1 N–H and O–H groups in total. The molecule has 0 saturated carbocycles. The number of hydrogen-bond donors (Lipinski definition) is 1. The molecule has 2 atom stereocenters. The molecule has 0 saturated heterocycles. The zero-order valence-corrected chi connectivity index (χ0v) is 12.3. The quantitative estimate of drug-likeness (QED) is 0.675. The van der Waals surface area contributed by atoms with E-state index in [4.69, 9.17) is 11.6 Å². The summed E-state index contributed by atoms with van der Waals surface area (Å²) >= 11 is 9.14. The van der Waals surface area contributed by atoms with Crippen molar-refractivity contribution in [2.24, 2.45) is 0 Å². The van der Waals surface area contributed by atoms with Crippen LogP contribution in [-0.2, 0) is 0 Å². The molecule has 0 aliphatic rings. The second kappa shape index (κ2) is 6.33. The van der Waals surface area contributed by atoms with Gasteiger partial charge in [0.2, 0.25) is 0 Å². The number of carbonyl (C=O) groups is 1. The third-order valence-corrected chi connectivity index (χ3v) is 4.07. The summed E-state index contributed by atoms with van der Waals surface area (Å²) in [5, 5.41) is 10.7. The van der Waals surface area contributed by atoms with E-state index in [1.165, 1.54) is 0 Å². The van der Waals surface area contributed by atoms with Gasteiger partial charge in [-0.15, -0.1) is 0 Å². The van der Waals surface area contributed by atoms with E-state index in [2.05, 4.69) is 15.9 Å². The van der Waals surface area contributed by atoms with E-state index in [-0.39, 0.29) is 5.78 Å². The predicted octanol–water partition coefficient (Wildman–Crippen LogP) is 4.02. The fourth-order valence-corrected chi connectivity index (χ4v) is 2.41. The zero-order valence-electron chi connectivity index (χ0n) is 9.96. The van der Waals surface area contributed by atoms with Crippen molar-refractivity contribution in [3.8, 4) is 0 Å². The van der Waals surface area contributed by atoms with Gasteiger partial charge in [0.25, 0.3) is 0 Å². The van der Waals surface area contributed by atoms with Crippen LogP contribution in [0.4, 0.5) is 0 Å². The van der Waals surface area contributed by atoms with Crippen LogP contribution in [0.1, 0.15) is 20.7 Å². The van der Waals surface area contributed by atoms with Gasteiger partial charge in [-0.25, -0.2) is 0 Å². The maximum atomic E-state index is 12.1. The van der Waals surface area contributed by atoms with Gasteiger partial charge in [0.15, 0.2) is 5.78 Å². The van der Waals surface area contributed by atoms with Gasteiger partial charge < -0.3 is 5.11 Å². The molecule has 2 aromatic rings. The lowest BCUT2D eigenvalue weighted by molar-refractivity contribution is 0.0746. The van der Waals surface area contributed by atoms with E-state index < -0.39 is 10.9 Å². The molecule has 0 aromatic heterocycles. The third kappa shape index (κ3) is 3.44. The molecule has 4 heteroatoms. The van der Waals surface area contributed by atoms with Crippen LogP contribution >= 0.6 is 27.5 Å². The summed E-state index contributed by atoms with van der Waals surface area (Å²) < 4.78 is 0. The molecule has 0 radical (unpaired) electrons. The molecule has 0 spiro atoms. The molecule has 0 unspecified atom stereocenters. The Morgan fingerprint density at radius 1 is 1.05 bits per heavy atom. The minimum atomic E-state index is -1.14. The van der Waals surface area contributed by atoms with Crippen LogP contribution in [0.2, 0.25) is 5.02 Å². The van der Waals surface area contributed by atoms with Gasteiger partial charge in [-0.3, -0.25) is 4.79 Å². The number of rotatable bonds is 4. The van der Waals surface area contributed by atoms with Crippen LogP contribution in [-0.4, -0.2) is 17.0 Å². The molecule has 0 fully saturated rings. The fourth-order valence-electron chi connectivity index (χ4n) is 1.74. The molecule has 0 aliphatic heterocycles. The van der Waals surface area contributed by atoms with Crippen molar-refractivity contribution in [2.45, 2.75) is 10.9 Å². The highest BCUT2D eigenvalue weighted by atomic mass is 79.9. The summed E-state index contributed by atoms with van der Waals surface area (Å²) in [4.78, 5) is 11.7. The summed E-state index contributed by atoms with van der Waals surface area (Å²) in [5.41, 5.74) is 1.30. The highest BCUT2D eigenvalue weighted by molar-refractivity contribution is 9.09. The topological polar surface area (TPSA) is 37.3 Å². The first-order chi connectivity index (χ1) is 9.09. The van der Waals surface area contributed by atoms with E-state index in [9.17, 15) is 9.90 Å². The summed E-state index contributed by atoms with van der Waals surface area (Å²) in [6.45, 7) is 0. The highest BCUT2D eigenvalue weighted by Crippen LogP contribution is 2.28. The number of aliphatic hydroxyl groups excluding tert-OH is 1. The monoisotopic (exact) mass is 338 g/mol. The molecule has 98 valence electrons. The molecule has 19 heavy (non-hydrogen) atoms. The summed E-state index contributed by atoms with van der Waals surface area (Å²) in [5.74, 6) is -0.331. The Labute approximate surface area is 125 Å². The number of alkyl halides is 1. The Morgan fingerprint density at radius 2 is 1.63 bits per heavy atom. The van der Waals surface area contributed by atoms with Crippen LogP contribution in [0.15, 0.2) is 54.6 Å². The van der Waals surface area contributed by atoms with Crippen molar-refractivity contribution < 1.29 is 9.90 Å². The van der Waals surface area contributed by atoms with Crippen molar-refractivity contribution in [1.29, 1.82) is 0 Å². The molecule has 0 aliphatic carbocycles. The predicted molar refractivity (Wildman–Crippen MR) is 79.9 cm³/mol. The van der Waals surface area contributed by atoms with Crippen LogP contribution < -0.4 is 0 Å². The van der Waals surface area contributed by atoms with Crippen LogP contribution in [0.25, 0.3) is 0 Å². The molecule has 2 aromatic carbocycles. The first-order valence-corrected chi connectivity index (χ1v) is 7.06. The van der Waals surface area contributed by atoms with E-state index in [1.54, 1.807) is 24.3 Å². The lowest BCUT2D eigenvalue weighted by Gasteiger charge is -2.16. The Bertz CT molecular complexity index is 554.